The minimum Gasteiger partial charge on any atom is -0.369 e. The highest BCUT2D eigenvalue weighted by atomic mass is 79.9. The van der Waals surface area contributed by atoms with Crippen molar-refractivity contribution in [1.29, 1.82) is 0 Å². The number of hydrogen-bond donors (Lipinski definition) is 3. The standard InChI is InChI=1S/C21H30BrN3O3/c1-4-17(5-2)28-19-11-15(10-18(23)20(19)25-13(3)26)21(27)24-12-14-6-8-16(22)9-7-14/h6-9,11,17-20H,4-5,10,12,23H2,1-3H3,(H,24,27)(H,25,26)/t18-,19+,20+/m0/s1. The summed E-state index contributed by atoms with van der Waals surface area (Å²) in [5.41, 5.74) is 7.92. The van der Waals surface area contributed by atoms with Crippen LogP contribution in [0.15, 0.2) is 40.4 Å². The average Bonchev–Trinajstić information content (AvgIpc) is 2.67. The van der Waals surface area contributed by atoms with E-state index in [9.17, 15) is 9.59 Å². The first-order valence-electron chi connectivity index (χ1n) is 9.75. The molecule has 0 aromatic heterocycles. The van der Waals surface area contributed by atoms with E-state index in [-0.39, 0.29) is 30.0 Å². The van der Waals surface area contributed by atoms with Gasteiger partial charge in [-0.05, 0) is 43.0 Å². The van der Waals surface area contributed by atoms with Crippen LogP contribution in [0.1, 0.15) is 45.6 Å². The van der Waals surface area contributed by atoms with Gasteiger partial charge in [0.2, 0.25) is 11.8 Å². The van der Waals surface area contributed by atoms with E-state index in [2.05, 4.69) is 40.4 Å². The fourth-order valence-corrected chi connectivity index (χ4v) is 3.58. The Kier molecular flexibility index (Phi) is 8.66. The zero-order chi connectivity index (χ0) is 20.7. The number of amides is 2. The Bertz CT molecular complexity index is 701. The quantitative estimate of drug-likeness (QED) is 0.566. The summed E-state index contributed by atoms with van der Waals surface area (Å²) >= 11 is 3.40. The van der Waals surface area contributed by atoms with Crippen molar-refractivity contribution in [2.75, 3.05) is 0 Å². The minimum atomic E-state index is -0.425. The topological polar surface area (TPSA) is 93.4 Å². The summed E-state index contributed by atoms with van der Waals surface area (Å²) in [5, 5.41) is 5.83. The molecule has 0 fully saturated rings. The first-order valence-corrected chi connectivity index (χ1v) is 10.5. The van der Waals surface area contributed by atoms with E-state index >= 15 is 0 Å². The van der Waals surface area contributed by atoms with Crippen molar-refractivity contribution in [2.24, 2.45) is 5.73 Å². The number of hydrogen-bond acceptors (Lipinski definition) is 4. The van der Waals surface area contributed by atoms with Crippen molar-refractivity contribution < 1.29 is 14.3 Å². The predicted molar refractivity (Wildman–Crippen MR) is 114 cm³/mol. The van der Waals surface area contributed by atoms with E-state index in [0.717, 1.165) is 22.9 Å². The molecule has 1 aromatic carbocycles. The molecule has 1 aromatic rings. The molecule has 2 rings (SSSR count). The molecule has 1 aliphatic carbocycles. The molecule has 3 atom stereocenters. The Hall–Kier alpha value is -1.70. The first kappa shape index (κ1) is 22.6. The monoisotopic (exact) mass is 451 g/mol. The molecule has 0 saturated heterocycles. The lowest BCUT2D eigenvalue weighted by molar-refractivity contribution is -0.121. The van der Waals surface area contributed by atoms with E-state index in [4.69, 9.17) is 10.5 Å². The summed E-state index contributed by atoms with van der Waals surface area (Å²) in [6.07, 6.45) is 3.54. The largest absolute Gasteiger partial charge is 0.369 e. The van der Waals surface area contributed by atoms with Gasteiger partial charge in [0.25, 0.3) is 0 Å². The molecule has 0 spiro atoms. The number of nitrogens with two attached hydrogens (primary N) is 1. The summed E-state index contributed by atoms with van der Waals surface area (Å²) in [5.74, 6) is -0.312. The van der Waals surface area contributed by atoms with Crippen molar-refractivity contribution >= 4 is 27.7 Å². The van der Waals surface area contributed by atoms with Crippen molar-refractivity contribution in [3.05, 3.63) is 46.0 Å². The number of carbonyl (C=O) groups is 2. The third-order valence-electron chi connectivity index (χ3n) is 4.92. The second kappa shape index (κ2) is 10.7. The van der Waals surface area contributed by atoms with Crippen LogP contribution in [-0.2, 0) is 20.9 Å². The molecule has 6 nitrogen and oxygen atoms in total. The van der Waals surface area contributed by atoms with Crippen molar-refractivity contribution in [1.82, 2.24) is 10.6 Å². The van der Waals surface area contributed by atoms with Gasteiger partial charge in [-0.2, -0.15) is 0 Å². The van der Waals surface area contributed by atoms with Crippen LogP contribution in [-0.4, -0.2) is 36.1 Å². The number of ether oxygens (including phenoxy) is 1. The van der Waals surface area contributed by atoms with Gasteiger partial charge in [-0.3, -0.25) is 9.59 Å². The number of carbonyl (C=O) groups excluding carboxylic acids is 2. The maximum atomic E-state index is 12.7. The SMILES string of the molecule is CCC(CC)O[C@@H]1C=C(C(=O)NCc2ccc(Br)cc2)C[C@H](N)[C@H]1NC(C)=O. The number of nitrogens with one attached hydrogen (secondary N) is 2. The molecule has 1 aliphatic rings. The summed E-state index contributed by atoms with van der Waals surface area (Å²) in [7, 11) is 0. The summed E-state index contributed by atoms with van der Waals surface area (Å²) in [6.45, 7) is 6.01. The number of benzene rings is 1. The minimum absolute atomic E-state index is 0.0508. The third-order valence-corrected chi connectivity index (χ3v) is 5.45. The Balaban J connectivity index is 2.12. The van der Waals surface area contributed by atoms with Gasteiger partial charge in [0.1, 0.15) is 0 Å². The molecule has 0 heterocycles. The van der Waals surface area contributed by atoms with Gasteiger partial charge in [0.05, 0.1) is 18.2 Å². The van der Waals surface area contributed by atoms with Gasteiger partial charge in [0, 0.05) is 29.6 Å². The highest BCUT2D eigenvalue weighted by Gasteiger charge is 2.35. The predicted octanol–water partition coefficient (Wildman–Crippen LogP) is 2.80. The molecule has 0 aliphatic heterocycles. The summed E-state index contributed by atoms with van der Waals surface area (Å²) < 4.78 is 7.17. The van der Waals surface area contributed by atoms with Crippen molar-refractivity contribution in [2.45, 2.75) is 70.9 Å². The molecule has 28 heavy (non-hydrogen) atoms. The molecule has 154 valence electrons. The number of halogens is 1. The van der Waals surface area contributed by atoms with Crippen molar-refractivity contribution in [3.63, 3.8) is 0 Å². The Morgan fingerprint density at radius 3 is 2.46 bits per heavy atom. The second-order valence-electron chi connectivity index (χ2n) is 7.13. The van der Waals surface area contributed by atoms with Gasteiger partial charge >= 0.3 is 0 Å². The van der Waals surface area contributed by atoms with E-state index in [1.165, 1.54) is 6.92 Å². The smallest absolute Gasteiger partial charge is 0.247 e. The van der Waals surface area contributed by atoms with Crippen LogP contribution in [0, 0.1) is 0 Å². The Morgan fingerprint density at radius 1 is 1.25 bits per heavy atom. The van der Waals surface area contributed by atoms with Gasteiger partial charge in [-0.1, -0.05) is 41.9 Å². The van der Waals surface area contributed by atoms with E-state index < -0.39 is 6.10 Å². The van der Waals surface area contributed by atoms with Crippen LogP contribution in [0.25, 0.3) is 0 Å². The van der Waals surface area contributed by atoms with Crippen molar-refractivity contribution in [3.8, 4) is 0 Å². The lowest BCUT2D eigenvalue weighted by atomic mass is 9.87. The highest BCUT2D eigenvalue weighted by Crippen LogP contribution is 2.23. The molecule has 0 bridgehead atoms. The van der Waals surface area contributed by atoms with Gasteiger partial charge < -0.3 is 21.1 Å². The van der Waals surface area contributed by atoms with Crippen LogP contribution in [0.3, 0.4) is 0 Å². The maximum Gasteiger partial charge on any atom is 0.247 e. The highest BCUT2D eigenvalue weighted by molar-refractivity contribution is 9.10. The van der Waals surface area contributed by atoms with Gasteiger partial charge in [-0.25, -0.2) is 0 Å². The Morgan fingerprint density at radius 2 is 1.89 bits per heavy atom. The molecular formula is C21H30BrN3O3. The van der Waals surface area contributed by atoms with E-state index in [0.29, 0.717) is 18.5 Å². The van der Waals surface area contributed by atoms with Crippen LogP contribution in [0.4, 0.5) is 0 Å². The van der Waals surface area contributed by atoms with E-state index in [1.807, 2.05) is 30.3 Å². The van der Waals surface area contributed by atoms with Crippen LogP contribution in [0.2, 0.25) is 0 Å². The average molecular weight is 452 g/mol. The molecule has 7 heteroatoms. The molecule has 2 amide bonds. The third kappa shape index (κ3) is 6.43. The Labute approximate surface area is 175 Å². The molecular weight excluding hydrogens is 422 g/mol. The van der Waals surface area contributed by atoms with Gasteiger partial charge in [-0.15, -0.1) is 0 Å². The van der Waals surface area contributed by atoms with Crippen LogP contribution >= 0.6 is 15.9 Å². The fourth-order valence-electron chi connectivity index (χ4n) is 3.31. The molecule has 0 radical (unpaired) electrons. The van der Waals surface area contributed by atoms with Crippen LogP contribution < -0.4 is 16.4 Å². The first-order chi connectivity index (χ1) is 13.3. The normalized spacial score (nSPS) is 21.9. The van der Waals surface area contributed by atoms with Gasteiger partial charge in [0.15, 0.2) is 0 Å². The fraction of sp³-hybridized carbons (Fsp3) is 0.524. The number of rotatable bonds is 8. The van der Waals surface area contributed by atoms with E-state index in [1.54, 1.807) is 0 Å². The summed E-state index contributed by atoms with van der Waals surface area (Å²) in [4.78, 5) is 24.3. The lowest BCUT2D eigenvalue weighted by Crippen LogP contribution is -2.57. The lowest BCUT2D eigenvalue weighted by Gasteiger charge is -2.36. The molecule has 4 N–H and O–H groups in total. The summed E-state index contributed by atoms with van der Waals surface area (Å²) in [6, 6.07) is 7.06. The zero-order valence-electron chi connectivity index (χ0n) is 16.7. The van der Waals surface area contributed by atoms with Crippen LogP contribution in [0.5, 0.6) is 0 Å². The second-order valence-corrected chi connectivity index (χ2v) is 8.05. The maximum absolute atomic E-state index is 12.7. The zero-order valence-corrected chi connectivity index (χ0v) is 18.3. The molecule has 0 saturated carbocycles. The molecule has 0 unspecified atom stereocenters.